The first-order valence-corrected chi connectivity index (χ1v) is 8.34. The minimum Gasteiger partial charge on any atom is -0.363 e. The highest BCUT2D eigenvalue weighted by molar-refractivity contribution is 6.31. The van der Waals surface area contributed by atoms with Crippen molar-refractivity contribution in [2.45, 2.75) is 6.92 Å². The second-order valence-corrected chi connectivity index (χ2v) is 6.37. The molecule has 0 bridgehead atoms. The van der Waals surface area contributed by atoms with Crippen molar-refractivity contribution in [3.8, 4) is 0 Å². The van der Waals surface area contributed by atoms with Crippen molar-refractivity contribution in [2.75, 3.05) is 36.4 Å². The molecule has 1 saturated heterocycles. The van der Waals surface area contributed by atoms with Crippen LogP contribution < -0.4 is 10.2 Å². The van der Waals surface area contributed by atoms with Gasteiger partial charge in [-0.1, -0.05) is 23.7 Å². The minimum atomic E-state index is -0.590. The van der Waals surface area contributed by atoms with Crippen LogP contribution in [0.25, 0.3) is 0 Å². The number of rotatable bonds is 2. The highest BCUT2D eigenvalue weighted by atomic mass is 35.5. The van der Waals surface area contributed by atoms with Gasteiger partial charge >= 0.3 is 6.03 Å². The molecule has 2 aromatic rings. The Morgan fingerprint density at radius 1 is 1.08 bits per heavy atom. The van der Waals surface area contributed by atoms with Gasteiger partial charge < -0.3 is 15.1 Å². The number of para-hydroxylation sites is 1. The Morgan fingerprint density at radius 2 is 1.72 bits per heavy atom. The average molecular weight is 366 g/mol. The number of nitrogens with zero attached hydrogens (tertiary/aromatic N) is 2. The van der Waals surface area contributed by atoms with Gasteiger partial charge in [0, 0.05) is 36.9 Å². The average Bonchev–Trinajstić information content (AvgIpc) is 2.58. The molecule has 132 valence electrons. The molecule has 1 N–H and O–H groups in total. The van der Waals surface area contributed by atoms with Crippen molar-refractivity contribution in [1.82, 2.24) is 4.90 Å². The number of piperazine rings is 1. The normalized spacial score (nSPS) is 14.6. The third kappa shape index (κ3) is 3.85. The molecule has 0 unspecified atom stereocenters. The summed E-state index contributed by atoms with van der Waals surface area (Å²) in [4.78, 5) is 15.7. The molecule has 7 heteroatoms. The van der Waals surface area contributed by atoms with Crippen LogP contribution in [-0.4, -0.2) is 37.1 Å². The van der Waals surface area contributed by atoms with Gasteiger partial charge in [-0.05, 0) is 36.8 Å². The molecule has 2 amide bonds. The van der Waals surface area contributed by atoms with Crippen LogP contribution >= 0.6 is 11.6 Å². The zero-order chi connectivity index (χ0) is 18.0. The van der Waals surface area contributed by atoms with E-state index in [2.05, 4.69) is 5.32 Å². The van der Waals surface area contributed by atoms with Crippen LogP contribution in [0.4, 0.5) is 25.0 Å². The monoisotopic (exact) mass is 365 g/mol. The summed E-state index contributed by atoms with van der Waals surface area (Å²) in [6.07, 6.45) is 0. The Bertz CT molecular complexity index is 772. The van der Waals surface area contributed by atoms with Gasteiger partial charge in [0.1, 0.15) is 17.3 Å². The molecule has 0 atom stereocenters. The van der Waals surface area contributed by atoms with Gasteiger partial charge in [0.2, 0.25) is 0 Å². The number of hydrogen-bond acceptors (Lipinski definition) is 2. The van der Waals surface area contributed by atoms with E-state index in [0.717, 1.165) is 5.56 Å². The molecule has 4 nitrogen and oxygen atoms in total. The summed E-state index contributed by atoms with van der Waals surface area (Å²) < 4.78 is 27.7. The Hall–Kier alpha value is -2.34. The summed E-state index contributed by atoms with van der Waals surface area (Å²) >= 11 is 5.96. The Labute approximate surface area is 150 Å². The topological polar surface area (TPSA) is 35.6 Å². The summed E-state index contributed by atoms with van der Waals surface area (Å²) in [5, 5.41) is 3.38. The molecule has 2 aromatic carbocycles. The Balaban J connectivity index is 1.64. The first-order chi connectivity index (χ1) is 12.0. The summed E-state index contributed by atoms with van der Waals surface area (Å²) in [5.41, 5.74) is 1.53. The number of hydrogen-bond donors (Lipinski definition) is 1. The van der Waals surface area contributed by atoms with E-state index in [0.29, 0.717) is 36.9 Å². The quantitative estimate of drug-likeness (QED) is 0.862. The lowest BCUT2D eigenvalue weighted by molar-refractivity contribution is 0.208. The van der Waals surface area contributed by atoms with Gasteiger partial charge in [0.25, 0.3) is 0 Å². The number of carbonyl (C=O) groups excluding carboxylic acids is 1. The molecule has 0 aliphatic carbocycles. The maximum Gasteiger partial charge on any atom is 0.321 e. The van der Waals surface area contributed by atoms with Gasteiger partial charge in [0.05, 0.1) is 0 Å². The molecule has 25 heavy (non-hydrogen) atoms. The zero-order valence-electron chi connectivity index (χ0n) is 13.7. The number of anilines is 2. The zero-order valence-corrected chi connectivity index (χ0v) is 14.5. The Morgan fingerprint density at radius 3 is 2.36 bits per heavy atom. The molecule has 0 aromatic heterocycles. The number of benzene rings is 2. The van der Waals surface area contributed by atoms with Crippen molar-refractivity contribution >= 4 is 29.0 Å². The Kier molecular flexibility index (Phi) is 5.08. The van der Waals surface area contributed by atoms with Crippen LogP contribution in [0, 0.1) is 18.6 Å². The van der Waals surface area contributed by atoms with E-state index in [-0.39, 0.29) is 11.7 Å². The van der Waals surface area contributed by atoms with E-state index in [1.807, 2.05) is 13.0 Å². The van der Waals surface area contributed by atoms with E-state index in [1.165, 1.54) is 18.2 Å². The largest absolute Gasteiger partial charge is 0.363 e. The number of carbonyl (C=O) groups is 1. The van der Waals surface area contributed by atoms with Gasteiger partial charge in [0.15, 0.2) is 0 Å². The maximum atomic E-state index is 13.9. The molecule has 0 radical (unpaired) electrons. The molecule has 1 aliphatic rings. The van der Waals surface area contributed by atoms with Crippen LogP contribution in [0.5, 0.6) is 0 Å². The lowest BCUT2D eigenvalue weighted by atomic mass is 10.2. The number of nitrogens with one attached hydrogen (secondary N) is 1. The molecular weight excluding hydrogens is 348 g/mol. The van der Waals surface area contributed by atoms with E-state index in [9.17, 15) is 13.6 Å². The number of amides is 2. The van der Waals surface area contributed by atoms with Crippen molar-refractivity contribution in [1.29, 1.82) is 0 Å². The third-order valence-electron chi connectivity index (χ3n) is 4.26. The summed E-state index contributed by atoms with van der Waals surface area (Å²) in [7, 11) is 0. The fourth-order valence-corrected chi connectivity index (χ4v) is 3.02. The second kappa shape index (κ2) is 7.27. The van der Waals surface area contributed by atoms with Crippen molar-refractivity contribution in [3.05, 3.63) is 58.6 Å². The molecule has 3 rings (SSSR count). The minimum absolute atomic E-state index is 0.0340. The van der Waals surface area contributed by atoms with Gasteiger partial charge in [-0.15, -0.1) is 0 Å². The number of halogens is 3. The summed E-state index contributed by atoms with van der Waals surface area (Å²) in [5.74, 6) is -1.18. The molecule has 1 heterocycles. The standard InChI is InChI=1S/C18H18ClF2N3O/c1-12-5-6-13(19)11-16(12)22-18(25)24-9-7-23(8-10-24)17-14(20)3-2-4-15(17)21/h2-6,11H,7-10H2,1H3,(H,22,25). The second-order valence-electron chi connectivity index (χ2n) is 5.93. The number of urea groups is 1. The van der Waals surface area contributed by atoms with Crippen molar-refractivity contribution in [3.63, 3.8) is 0 Å². The predicted molar refractivity (Wildman–Crippen MR) is 95.4 cm³/mol. The lowest BCUT2D eigenvalue weighted by Gasteiger charge is -2.36. The molecule has 0 saturated carbocycles. The van der Waals surface area contributed by atoms with E-state index in [1.54, 1.807) is 21.9 Å². The van der Waals surface area contributed by atoms with Crippen LogP contribution in [0.3, 0.4) is 0 Å². The predicted octanol–water partition coefficient (Wildman–Crippen LogP) is 4.28. The van der Waals surface area contributed by atoms with Gasteiger partial charge in [-0.2, -0.15) is 0 Å². The van der Waals surface area contributed by atoms with Gasteiger partial charge in [-0.3, -0.25) is 0 Å². The fraction of sp³-hybridized carbons (Fsp3) is 0.278. The molecular formula is C18H18ClF2N3O. The molecule has 1 aliphatic heterocycles. The fourth-order valence-electron chi connectivity index (χ4n) is 2.85. The number of aryl methyl sites for hydroxylation is 1. The summed E-state index contributed by atoms with van der Waals surface area (Å²) in [6, 6.07) is 8.84. The van der Waals surface area contributed by atoms with Gasteiger partial charge in [-0.25, -0.2) is 13.6 Å². The first-order valence-electron chi connectivity index (χ1n) is 7.97. The molecule has 0 spiro atoms. The SMILES string of the molecule is Cc1ccc(Cl)cc1NC(=O)N1CCN(c2c(F)cccc2F)CC1. The highest BCUT2D eigenvalue weighted by Gasteiger charge is 2.25. The van der Waals surface area contributed by atoms with E-state index >= 15 is 0 Å². The van der Waals surface area contributed by atoms with E-state index in [4.69, 9.17) is 11.6 Å². The third-order valence-corrected chi connectivity index (χ3v) is 4.50. The van der Waals surface area contributed by atoms with Crippen LogP contribution in [0.15, 0.2) is 36.4 Å². The first kappa shape index (κ1) is 17.5. The maximum absolute atomic E-state index is 13.9. The van der Waals surface area contributed by atoms with Crippen LogP contribution in [-0.2, 0) is 0 Å². The van der Waals surface area contributed by atoms with Crippen molar-refractivity contribution < 1.29 is 13.6 Å². The van der Waals surface area contributed by atoms with Crippen molar-refractivity contribution in [2.24, 2.45) is 0 Å². The van der Waals surface area contributed by atoms with Crippen LogP contribution in [0.1, 0.15) is 5.56 Å². The summed E-state index contributed by atoms with van der Waals surface area (Å²) in [6.45, 7) is 3.35. The van der Waals surface area contributed by atoms with Crippen LogP contribution in [0.2, 0.25) is 5.02 Å². The van der Waals surface area contributed by atoms with E-state index < -0.39 is 11.6 Å². The lowest BCUT2D eigenvalue weighted by Crippen LogP contribution is -2.50. The highest BCUT2D eigenvalue weighted by Crippen LogP contribution is 2.25. The smallest absolute Gasteiger partial charge is 0.321 e. The molecule has 1 fully saturated rings.